The predicted molar refractivity (Wildman–Crippen MR) is 107 cm³/mol. The SMILES string of the molecule is COc1ccc2c(c1)CCCN2C(=O)CN1CCNCC1c1cccc(F)c1. The standard InChI is InChI=1S/C22H26FN3O2/c1-28-19-7-8-20-17(13-19)5-3-10-26(20)22(27)15-25-11-9-24-14-21(25)16-4-2-6-18(23)12-16/h2,4,6-8,12-13,21,24H,3,5,9-11,14-15H2,1H3. The Morgan fingerprint density at radius 2 is 2.14 bits per heavy atom. The van der Waals surface area contributed by atoms with Crippen LogP contribution in [0.2, 0.25) is 0 Å². The Bertz CT molecular complexity index is 857. The number of halogens is 1. The van der Waals surface area contributed by atoms with Crippen LogP contribution in [0.15, 0.2) is 42.5 Å². The van der Waals surface area contributed by atoms with Crippen molar-refractivity contribution in [1.82, 2.24) is 10.2 Å². The summed E-state index contributed by atoms with van der Waals surface area (Å²) in [6, 6.07) is 12.6. The minimum absolute atomic E-state index is 0.00599. The van der Waals surface area contributed by atoms with Gasteiger partial charge in [-0.25, -0.2) is 4.39 Å². The molecule has 2 aliphatic rings. The van der Waals surface area contributed by atoms with Crippen molar-refractivity contribution in [3.8, 4) is 5.75 Å². The molecule has 0 spiro atoms. The monoisotopic (exact) mass is 383 g/mol. The maximum absolute atomic E-state index is 13.7. The van der Waals surface area contributed by atoms with Crippen LogP contribution in [0, 0.1) is 5.82 Å². The molecule has 0 radical (unpaired) electrons. The zero-order chi connectivity index (χ0) is 19.5. The number of nitrogens with one attached hydrogen (secondary N) is 1. The van der Waals surface area contributed by atoms with Crippen LogP contribution in [0.4, 0.5) is 10.1 Å². The molecule has 0 saturated carbocycles. The van der Waals surface area contributed by atoms with Crippen molar-refractivity contribution >= 4 is 11.6 Å². The summed E-state index contributed by atoms with van der Waals surface area (Å²) in [5.74, 6) is 0.670. The number of rotatable bonds is 4. The van der Waals surface area contributed by atoms with E-state index in [0.717, 1.165) is 55.0 Å². The largest absolute Gasteiger partial charge is 0.497 e. The lowest BCUT2D eigenvalue weighted by molar-refractivity contribution is -0.120. The lowest BCUT2D eigenvalue weighted by Gasteiger charge is -2.38. The Hall–Kier alpha value is -2.44. The molecule has 1 N–H and O–H groups in total. The second kappa shape index (κ2) is 8.29. The molecule has 1 saturated heterocycles. The van der Waals surface area contributed by atoms with E-state index in [9.17, 15) is 9.18 Å². The maximum Gasteiger partial charge on any atom is 0.241 e. The van der Waals surface area contributed by atoms with Gasteiger partial charge in [0.2, 0.25) is 5.91 Å². The molecule has 4 rings (SSSR count). The Kier molecular flexibility index (Phi) is 5.59. The summed E-state index contributed by atoms with van der Waals surface area (Å²) in [7, 11) is 1.66. The van der Waals surface area contributed by atoms with Gasteiger partial charge in [-0.2, -0.15) is 0 Å². The molecular weight excluding hydrogens is 357 g/mol. The van der Waals surface area contributed by atoms with Crippen molar-refractivity contribution in [1.29, 1.82) is 0 Å². The summed E-state index contributed by atoms with van der Waals surface area (Å²) >= 11 is 0. The van der Waals surface area contributed by atoms with Crippen molar-refractivity contribution in [3.63, 3.8) is 0 Å². The molecule has 2 heterocycles. The highest BCUT2D eigenvalue weighted by Gasteiger charge is 2.29. The van der Waals surface area contributed by atoms with E-state index in [-0.39, 0.29) is 17.8 Å². The molecule has 5 nitrogen and oxygen atoms in total. The third-order valence-corrected chi connectivity index (χ3v) is 5.63. The van der Waals surface area contributed by atoms with E-state index in [1.54, 1.807) is 19.2 Å². The quantitative estimate of drug-likeness (QED) is 0.882. The third kappa shape index (κ3) is 3.88. The number of amides is 1. The van der Waals surface area contributed by atoms with Crippen LogP contribution in [0.25, 0.3) is 0 Å². The number of anilines is 1. The number of ether oxygens (including phenoxy) is 1. The van der Waals surface area contributed by atoms with Gasteiger partial charge in [-0.15, -0.1) is 0 Å². The van der Waals surface area contributed by atoms with Gasteiger partial charge in [-0.1, -0.05) is 12.1 Å². The third-order valence-electron chi connectivity index (χ3n) is 5.63. The number of carbonyl (C=O) groups is 1. The van der Waals surface area contributed by atoms with E-state index in [2.05, 4.69) is 10.2 Å². The molecule has 148 valence electrons. The highest BCUT2D eigenvalue weighted by molar-refractivity contribution is 5.96. The number of piperazine rings is 1. The van der Waals surface area contributed by atoms with Gasteiger partial charge in [0.15, 0.2) is 0 Å². The summed E-state index contributed by atoms with van der Waals surface area (Å²) < 4.78 is 19.0. The van der Waals surface area contributed by atoms with E-state index in [4.69, 9.17) is 4.74 Å². The van der Waals surface area contributed by atoms with Crippen LogP contribution in [0.1, 0.15) is 23.6 Å². The van der Waals surface area contributed by atoms with Gasteiger partial charge in [0.05, 0.1) is 13.7 Å². The highest BCUT2D eigenvalue weighted by Crippen LogP contribution is 2.31. The fourth-order valence-electron chi connectivity index (χ4n) is 4.20. The number of benzene rings is 2. The summed E-state index contributed by atoms with van der Waals surface area (Å²) in [5.41, 5.74) is 3.04. The molecule has 0 aliphatic carbocycles. The van der Waals surface area contributed by atoms with Gasteiger partial charge in [0.1, 0.15) is 11.6 Å². The number of aryl methyl sites for hydroxylation is 1. The first kappa shape index (κ1) is 18.9. The van der Waals surface area contributed by atoms with Crippen LogP contribution >= 0.6 is 0 Å². The molecular formula is C22H26FN3O2. The summed E-state index contributed by atoms with van der Waals surface area (Å²) in [6.07, 6.45) is 1.90. The number of fused-ring (bicyclic) bond motifs is 1. The summed E-state index contributed by atoms with van der Waals surface area (Å²) in [6.45, 7) is 3.36. The first-order valence-electron chi connectivity index (χ1n) is 9.83. The van der Waals surface area contributed by atoms with Crippen LogP contribution in [0.3, 0.4) is 0 Å². The van der Waals surface area contributed by atoms with Crippen LogP contribution < -0.4 is 15.0 Å². The second-order valence-electron chi connectivity index (χ2n) is 7.39. The molecule has 1 atom stereocenters. The number of nitrogens with zero attached hydrogens (tertiary/aromatic N) is 2. The van der Waals surface area contributed by atoms with Crippen molar-refractivity contribution in [2.75, 3.05) is 44.7 Å². The van der Waals surface area contributed by atoms with E-state index >= 15 is 0 Å². The zero-order valence-corrected chi connectivity index (χ0v) is 16.2. The number of hydrogen-bond donors (Lipinski definition) is 1. The lowest BCUT2D eigenvalue weighted by Crippen LogP contribution is -2.50. The smallest absolute Gasteiger partial charge is 0.241 e. The molecule has 1 unspecified atom stereocenters. The maximum atomic E-state index is 13.7. The second-order valence-corrected chi connectivity index (χ2v) is 7.39. The first-order valence-corrected chi connectivity index (χ1v) is 9.83. The number of hydrogen-bond acceptors (Lipinski definition) is 4. The molecule has 1 fully saturated rings. The van der Waals surface area contributed by atoms with Crippen LogP contribution in [0.5, 0.6) is 5.75 Å². The molecule has 6 heteroatoms. The van der Waals surface area contributed by atoms with E-state index in [0.29, 0.717) is 13.1 Å². The Labute approximate surface area is 165 Å². The fourth-order valence-corrected chi connectivity index (χ4v) is 4.20. The average Bonchev–Trinajstić information content (AvgIpc) is 2.73. The molecule has 2 aromatic rings. The summed E-state index contributed by atoms with van der Waals surface area (Å²) in [4.78, 5) is 17.2. The Morgan fingerprint density at radius 1 is 1.25 bits per heavy atom. The van der Waals surface area contributed by atoms with Gasteiger partial charge in [-0.3, -0.25) is 9.69 Å². The van der Waals surface area contributed by atoms with Crippen molar-refractivity contribution in [2.24, 2.45) is 0 Å². The highest BCUT2D eigenvalue weighted by atomic mass is 19.1. The van der Waals surface area contributed by atoms with Gasteiger partial charge < -0.3 is 15.0 Å². The molecule has 1 amide bonds. The predicted octanol–water partition coefficient (Wildman–Crippen LogP) is 2.76. The molecule has 0 bridgehead atoms. The Morgan fingerprint density at radius 3 is 2.96 bits per heavy atom. The van der Waals surface area contributed by atoms with E-state index in [1.165, 1.54) is 6.07 Å². The molecule has 2 aromatic carbocycles. The Balaban J connectivity index is 1.53. The average molecular weight is 383 g/mol. The van der Waals surface area contributed by atoms with E-state index in [1.807, 2.05) is 29.2 Å². The number of carbonyl (C=O) groups excluding carboxylic acids is 1. The van der Waals surface area contributed by atoms with Gasteiger partial charge >= 0.3 is 0 Å². The zero-order valence-electron chi connectivity index (χ0n) is 16.2. The minimum Gasteiger partial charge on any atom is -0.497 e. The molecule has 28 heavy (non-hydrogen) atoms. The number of methoxy groups -OCH3 is 1. The first-order chi connectivity index (χ1) is 13.7. The van der Waals surface area contributed by atoms with Crippen LogP contribution in [-0.2, 0) is 11.2 Å². The normalized spacial score (nSPS) is 19.9. The summed E-state index contributed by atoms with van der Waals surface area (Å²) in [5, 5.41) is 3.36. The molecule has 2 aliphatic heterocycles. The van der Waals surface area contributed by atoms with Crippen molar-refractivity contribution in [2.45, 2.75) is 18.9 Å². The topological polar surface area (TPSA) is 44.8 Å². The fraction of sp³-hybridized carbons (Fsp3) is 0.409. The lowest BCUT2D eigenvalue weighted by atomic mass is 10.0. The van der Waals surface area contributed by atoms with Crippen LogP contribution in [-0.4, -0.2) is 50.6 Å². The van der Waals surface area contributed by atoms with Gasteiger partial charge in [0.25, 0.3) is 0 Å². The van der Waals surface area contributed by atoms with Gasteiger partial charge in [-0.05, 0) is 54.3 Å². The van der Waals surface area contributed by atoms with Crippen molar-refractivity contribution < 1.29 is 13.9 Å². The van der Waals surface area contributed by atoms with Crippen molar-refractivity contribution in [3.05, 3.63) is 59.4 Å². The molecule has 0 aromatic heterocycles. The minimum atomic E-state index is -0.242. The van der Waals surface area contributed by atoms with E-state index < -0.39 is 0 Å². The van der Waals surface area contributed by atoms with Gasteiger partial charge in [0, 0.05) is 37.9 Å².